The summed E-state index contributed by atoms with van der Waals surface area (Å²) >= 11 is 0. The van der Waals surface area contributed by atoms with E-state index in [4.69, 9.17) is 10.5 Å². The summed E-state index contributed by atoms with van der Waals surface area (Å²) in [6.45, 7) is 12.3. The average Bonchev–Trinajstić information content (AvgIpc) is 2.83. The molecule has 2 rings (SSSR count). The first kappa shape index (κ1) is 15.3. The number of ether oxygens (including phenoxy) is 1. The second-order valence-corrected chi connectivity index (χ2v) is 6.97. The van der Waals surface area contributed by atoms with Gasteiger partial charge in [0.15, 0.2) is 0 Å². The average molecular weight is 268 g/mol. The quantitative estimate of drug-likeness (QED) is 0.852. The molecule has 2 unspecified atom stereocenters. The van der Waals surface area contributed by atoms with E-state index < -0.39 is 0 Å². The number of nitrogens with zero attached hydrogens (tertiary/aromatic N) is 1. The minimum absolute atomic E-state index is 0.184. The molecule has 3 heteroatoms. The van der Waals surface area contributed by atoms with Gasteiger partial charge in [-0.2, -0.15) is 0 Å². The molecule has 0 bridgehead atoms. The SMILES string of the molecule is CCC1(CC)CCN(C2(CN)CC(C)OC(C)C2)C1. The van der Waals surface area contributed by atoms with Gasteiger partial charge in [-0.25, -0.2) is 0 Å². The lowest BCUT2D eigenvalue weighted by atomic mass is 9.80. The van der Waals surface area contributed by atoms with Gasteiger partial charge in [-0.3, -0.25) is 4.90 Å². The zero-order valence-corrected chi connectivity index (χ0v) is 13.2. The Balaban J connectivity index is 2.14. The maximum absolute atomic E-state index is 6.22. The Morgan fingerprint density at radius 2 is 1.74 bits per heavy atom. The van der Waals surface area contributed by atoms with Crippen molar-refractivity contribution in [2.24, 2.45) is 11.1 Å². The van der Waals surface area contributed by atoms with E-state index >= 15 is 0 Å². The summed E-state index contributed by atoms with van der Waals surface area (Å²) in [5, 5.41) is 0. The van der Waals surface area contributed by atoms with Crippen LogP contribution in [0, 0.1) is 5.41 Å². The molecule has 3 nitrogen and oxygen atoms in total. The standard InChI is InChI=1S/C16H32N2O/c1-5-15(6-2)7-8-18(12-15)16(11-17)9-13(3)19-14(4)10-16/h13-14H,5-12,17H2,1-4H3. The van der Waals surface area contributed by atoms with Gasteiger partial charge in [-0.05, 0) is 57.9 Å². The van der Waals surface area contributed by atoms with Gasteiger partial charge in [0.1, 0.15) is 0 Å². The minimum atomic E-state index is 0.184. The lowest BCUT2D eigenvalue weighted by Crippen LogP contribution is -2.59. The Bertz CT molecular complexity index is 291. The number of rotatable bonds is 4. The van der Waals surface area contributed by atoms with Gasteiger partial charge in [0, 0.05) is 18.6 Å². The Morgan fingerprint density at radius 3 is 2.16 bits per heavy atom. The zero-order chi connectivity index (χ0) is 14.1. The van der Waals surface area contributed by atoms with Crippen molar-refractivity contribution in [3.8, 4) is 0 Å². The molecule has 0 aromatic heterocycles. The van der Waals surface area contributed by atoms with Crippen LogP contribution < -0.4 is 5.73 Å². The van der Waals surface area contributed by atoms with Crippen molar-refractivity contribution in [3.63, 3.8) is 0 Å². The number of hydrogen-bond donors (Lipinski definition) is 1. The van der Waals surface area contributed by atoms with E-state index in [0.717, 1.165) is 19.4 Å². The second kappa shape index (κ2) is 5.71. The zero-order valence-electron chi connectivity index (χ0n) is 13.2. The first-order valence-corrected chi connectivity index (χ1v) is 8.10. The lowest BCUT2D eigenvalue weighted by molar-refractivity contribution is -0.100. The third-order valence-electron chi connectivity index (χ3n) is 5.79. The summed E-state index contributed by atoms with van der Waals surface area (Å²) in [6, 6.07) is 0. The Hall–Kier alpha value is -0.120. The predicted octanol–water partition coefficient (Wildman–Crippen LogP) is 2.78. The van der Waals surface area contributed by atoms with Crippen LogP contribution in [0.15, 0.2) is 0 Å². The molecule has 0 aromatic rings. The molecular formula is C16H32N2O. The molecule has 2 atom stereocenters. The molecule has 0 amide bonds. The Morgan fingerprint density at radius 1 is 1.16 bits per heavy atom. The Labute approximate surface area is 118 Å². The number of hydrogen-bond acceptors (Lipinski definition) is 3. The summed E-state index contributed by atoms with van der Waals surface area (Å²) < 4.78 is 5.93. The maximum atomic E-state index is 6.22. The van der Waals surface area contributed by atoms with Crippen LogP contribution in [-0.2, 0) is 4.74 Å². The van der Waals surface area contributed by atoms with Crippen LogP contribution >= 0.6 is 0 Å². The third kappa shape index (κ3) is 2.84. The van der Waals surface area contributed by atoms with Gasteiger partial charge in [-0.15, -0.1) is 0 Å². The summed E-state index contributed by atoms with van der Waals surface area (Å²) in [5.74, 6) is 0. The van der Waals surface area contributed by atoms with Gasteiger partial charge in [0.2, 0.25) is 0 Å². The number of nitrogens with two attached hydrogens (primary N) is 1. The highest BCUT2D eigenvalue weighted by atomic mass is 16.5. The molecule has 0 saturated carbocycles. The first-order valence-electron chi connectivity index (χ1n) is 8.10. The fourth-order valence-corrected chi connectivity index (χ4v) is 4.37. The lowest BCUT2D eigenvalue weighted by Gasteiger charge is -2.48. The minimum Gasteiger partial charge on any atom is -0.375 e. The predicted molar refractivity (Wildman–Crippen MR) is 80.2 cm³/mol. The van der Waals surface area contributed by atoms with E-state index in [0.29, 0.717) is 17.6 Å². The molecule has 2 aliphatic heterocycles. The van der Waals surface area contributed by atoms with Gasteiger partial charge < -0.3 is 10.5 Å². The second-order valence-electron chi connectivity index (χ2n) is 6.97. The highest BCUT2D eigenvalue weighted by Crippen LogP contribution is 2.43. The molecule has 2 aliphatic rings. The fraction of sp³-hybridized carbons (Fsp3) is 1.00. The molecule has 112 valence electrons. The van der Waals surface area contributed by atoms with Crippen molar-refractivity contribution in [1.82, 2.24) is 4.90 Å². The van der Waals surface area contributed by atoms with E-state index in [1.54, 1.807) is 0 Å². The molecule has 0 aromatic carbocycles. The van der Waals surface area contributed by atoms with Gasteiger partial charge in [0.05, 0.1) is 12.2 Å². The van der Waals surface area contributed by atoms with Crippen molar-refractivity contribution in [3.05, 3.63) is 0 Å². The Kier molecular flexibility index (Phi) is 4.59. The van der Waals surface area contributed by atoms with Crippen molar-refractivity contribution in [2.45, 2.75) is 77.5 Å². The summed E-state index contributed by atoms with van der Waals surface area (Å²) in [5.41, 5.74) is 6.94. The summed E-state index contributed by atoms with van der Waals surface area (Å²) in [7, 11) is 0. The first-order chi connectivity index (χ1) is 8.99. The maximum Gasteiger partial charge on any atom is 0.0568 e. The largest absolute Gasteiger partial charge is 0.375 e. The van der Waals surface area contributed by atoms with Crippen LogP contribution in [0.5, 0.6) is 0 Å². The van der Waals surface area contributed by atoms with E-state index in [9.17, 15) is 0 Å². The van der Waals surface area contributed by atoms with E-state index in [-0.39, 0.29) is 5.54 Å². The highest BCUT2D eigenvalue weighted by molar-refractivity contribution is 5.02. The van der Waals surface area contributed by atoms with Crippen LogP contribution in [0.2, 0.25) is 0 Å². The van der Waals surface area contributed by atoms with Crippen LogP contribution in [0.4, 0.5) is 0 Å². The molecular weight excluding hydrogens is 236 g/mol. The fourth-order valence-electron chi connectivity index (χ4n) is 4.37. The summed E-state index contributed by atoms with van der Waals surface area (Å²) in [6.07, 6.45) is 6.79. The van der Waals surface area contributed by atoms with Crippen LogP contribution in [0.1, 0.15) is 59.8 Å². The normalized spacial score (nSPS) is 39.6. The molecule has 2 heterocycles. The van der Waals surface area contributed by atoms with E-state index in [2.05, 4.69) is 32.6 Å². The van der Waals surface area contributed by atoms with Gasteiger partial charge >= 0.3 is 0 Å². The van der Waals surface area contributed by atoms with Crippen molar-refractivity contribution >= 4 is 0 Å². The van der Waals surface area contributed by atoms with Crippen LogP contribution in [-0.4, -0.2) is 42.3 Å². The summed E-state index contributed by atoms with van der Waals surface area (Å²) in [4.78, 5) is 2.70. The van der Waals surface area contributed by atoms with Crippen molar-refractivity contribution in [1.29, 1.82) is 0 Å². The van der Waals surface area contributed by atoms with Crippen LogP contribution in [0.3, 0.4) is 0 Å². The highest BCUT2D eigenvalue weighted by Gasteiger charge is 2.47. The monoisotopic (exact) mass is 268 g/mol. The molecule has 2 N–H and O–H groups in total. The molecule has 0 radical (unpaired) electrons. The smallest absolute Gasteiger partial charge is 0.0568 e. The van der Waals surface area contributed by atoms with Gasteiger partial charge in [0.25, 0.3) is 0 Å². The van der Waals surface area contributed by atoms with Crippen LogP contribution in [0.25, 0.3) is 0 Å². The molecule has 19 heavy (non-hydrogen) atoms. The van der Waals surface area contributed by atoms with Crippen molar-refractivity contribution < 1.29 is 4.74 Å². The van der Waals surface area contributed by atoms with E-state index in [1.165, 1.54) is 32.4 Å². The number of likely N-dealkylation sites (tertiary alicyclic amines) is 1. The molecule has 0 aliphatic carbocycles. The third-order valence-corrected chi connectivity index (χ3v) is 5.79. The molecule has 2 fully saturated rings. The molecule has 0 spiro atoms. The molecule has 2 saturated heterocycles. The topological polar surface area (TPSA) is 38.5 Å². The van der Waals surface area contributed by atoms with Crippen molar-refractivity contribution in [2.75, 3.05) is 19.6 Å². The van der Waals surface area contributed by atoms with E-state index in [1.807, 2.05) is 0 Å². The van der Waals surface area contributed by atoms with Gasteiger partial charge in [-0.1, -0.05) is 13.8 Å².